The van der Waals surface area contributed by atoms with Gasteiger partial charge in [-0.1, -0.05) is 0 Å². The van der Waals surface area contributed by atoms with Crippen LogP contribution in [0.2, 0.25) is 0 Å². The van der Waals surface area contributed by atoms with Crippen LogP contribution < -0.4 is 0 Å². The normalized spacial score (nSPS) is 11.6. The Kier molecular flexibility index (Phi) is 9.29. The van der Waals surface area contributed by atoms with Crippen LogP contribution in [0.4, 0.5) is 0 Å². The van der Waals surface area contributed by atoms with E-state index in [0.29, 0.717) is 26.4 Å². The van der Waals surface area contributed by atoms with Crippen LogP contribution in [0.25, 0.3) is 0 Å². The third-order valence-electron chi connectivity index (χ3n) is 1.81. The van der Waals surface area contributed by atoms with Crippen molar-refractivity contribution < 1.29 is 18.9 Å². The van der Waals surface area contributed by atoms with Crippen molar-refractivity contribution in [3.63, 3.8) is 0 Å². The molecule has 0 aromatic rings. The molecule has 0 atom stereocenters. The Balaban J connectivity index is 4.06. The lowest BCUT2D eigenvalue weighted by molar-refractivity contribution is -0.185. The second-order valence-corrected chi connectivity index (χ2v) is 2.95. The first-order valence-electron chi connectivity index (χ1n) is 5.01. The van der Waals surface area contributed by atoms with Crippen molar-refractivity contribution in [1.82, 2.24) is 0 Å². The molecule has 4 nitrogen and oxygen atoms in total. The number of rotatable bonds is 9. The maximum atomic E-state index is 5.47. The van der Waals surface area contributed by atoms with Crippen LogP contribution in [0, 0.1) is 5.92 Å². The van der Waals surface area contributed by atoms with Crippen molar-refractivity contribution in [2.45, 2.75) is 20.1 Å². The van der Waals surface area contributed by atoms with Crippen LogP contribution >= 0.6 is 0 Å². The topological polar surface area (TPSA) is 36.9 Å². The molecular weight excluding hydrogens is 184 g/mol. The van der Waals surface area contributed by atoms with Crippen LogP contribution in [0.15, 0.2) is 0 Å². The summed E-state index contributed by atoms with van der Waals surface area (Å²) in [6.45, 7) is 6.32. The second kappa shape index (κ2) is 9.40. The van der Waals surface area contributed by atoms with Crippen molar-refractivity contribution in [3.8, 4) is 0 Å². The highest BCUT2D eigenvalue weighted by atomic mass is 16.7. The summed E-state index contributed by atoms with van der Waals surface area (Å²) in [5.74, 6) is 0.130. The summed E-state index contributed by atoms with van der Waals surface area (Å²) in [4.78, 5) is 0. The maximum Gasteiger partial charge on any atom is 0.164 e. The minimum atomic E-state index is -0.232. The van der Waals surface area contributed by atoms with E-state index in [9.17, 15) is 0 Å². The highest BCUT2D eigenvalue weighted by Gasteiger charge is 2.22. The molecule has 86 valence electrons. The van der Waals surface area contributed by atoms with Gasteiger partial charge in [-0.3, -0.25) is 0 Å². The van der Waals surface area contributed by atoms with E-state index in [1.807, 2.05) is 13.8 Å². The fraction of sp³-hybridized carbons (Fsp3) is 1.00. The predicted octanol–water partition coefficient (Wildman–Crippen LogP) is 1.29. The molecule has 0 fully saturated rings. The summed E-state index contributed by atoms with van der Waals surface area (Å²) < 4.78 is 21.1. The molecule has 0 aromatic heterocycles. The lowest BCUT2D eigenvalue weighted by Crippen LogP contribution is -2.33. The fourth-order valence-electron chi connectivity index (χ4n) is 1.28. The van der Waals surface area contributed by atoms with Crippen LogP contribution in [-0.2, 0) is 18.9 Å². The van der Waals surface area contributed by atoms with Crippen LogP contribution in [-0.4, -0.2) is 46.9 Å². The third kappa shape index (κ3) is 5.54. The lowest BCUT2D eigenvalue weighted by Gasteiger charge is -2.25. The van der Waals surface area contributed by atoms with E-state index in [2.05, 4.69) is 0 Å². The Labute approximate surface area is 86.5 Å². The molecule has 0 spiro atoms. The fourth-order valence-corrected chi connectivity index (χ4v) is 1.28. The summed E-state index contributed by atoms with van der Waals surface area (Å²) in [7, 11) is 3.33. The molecule has 0 aromatic carbocycles. The zero-order chi connectivity index (χ0) is 10.8. The first-order valence-corrected chi connectivity index (χ1v) is 5.01. The largest absolute Gasteiger partial charge is 0.384 e. The number of methoxy groups -OCH3 is 2. The minimum Gasteiger partial charge on any atom is -0.384 e. The van der Waals surface area contributed by atoms with Gasteiger partial charge in [-0.2, -0.15) is 0 Å². The summed E-state index contributed by atoms with van der Waals surface area (Å²) in [5.41, 5.74) is 0. The third-order valence-corrected chi connectivity index (χ3v) is 1.81. The Morgan fingerprint density at radius 1 is 0.857 bits per heavy atom. The Morgan fingerprint density at radius 3 is 1.57 bits per heavy atom. The quantitative estimate of drug-likeness (QED) is 0.533. The summed E-state index contributed by atoms with van der Waals surface area (Å²) in [6, 6.07) is 0. The first kappa shape index (κ1) is 13.8. The molecule has 0 aliphatic carbocycles. The van der Waals surface area contributed by atoms with Gasteiger partial charge in [0.1, 0.15) is 0 Å². The van der Waals surface area contributed by atoms with Gasteiger partial charge in [0.15, 0.2) is 6.29 Å². The molecule has 0 rings (SSSR count). The van der Waals surface area contributed by atoms with E-state index >= 15 is 0 Å². The molecule has 0 amide bonds. The molecule has 0 bridgehead atoms. The van der Waals surface area contributed by atoms with Gasteiger partial charge in [-0.15, -0.1) is 0 Å². The monoisotopic (exact) mass is 206 g/mol. The van der Waals surface area contributed by atoms with E-state index in [-0.39, 0.29) is 12.2 Å². The van der Waals surface area contributed by atoms with Crippen molar-refractivity contribution in [1.29, 1.82) is 0 Å². The minimum absolute atomic E-state index is 0.130. The van der Waals surface area contributed by atoms with E-state index < -0.39 is 0 Å². The molecule has 0 saturated carbocycles. The van der Waals surface area contributed by atoms with Gasteiger partial charge in [-0.05, 0) is 13.8 Å². The highest BCUT2D eigenvalue weighted by Crippen LogP contribution is 2.11. The molecule has 0 saturated heterocycles. The van der Waals surface area contributed by atoms with E-state index in [0.717, 1.165) is 0 Å². The smallest absolute Gasteiger partial charge is 0.164 e. The highest BCUT2D eigenvalue weighted by molar-refractivity contribution is 4.61. The van der Waals surface area contributed by atoms with Gasteiger partial charge in [0.25, 0.3) is 0 Å². The van der Waals surface area contributed by atoms with Crippen LogP contribution in [0.5, 0.6) is 0 Å². The van der Waals surface area contributed by atoms with Crippen LogP contribution in [0.1, 0.15) is 13.8 Å². The van der Waals surface area contributed by atoms with Crippen molar-refractivity contribution in [2.75, 3.05) is 40.6 Å². The van der Waals surface area contributed by atoms with E-state index in [4.69, 9.17) is 18.9 Å². The number of hydrogen-bond acceptors (Lipinski definition) is 4. The SMILES string of the molecule is CCOC(OCC)C(COC)COC. The molecule has 0 unspecified atom stereocenters. The van der Waals surface area contributed by atoms with Crippen molar-refractivity contribution in [2.24, 2.45) is 5.92 Å². The first-order chi connectivity index (χ1) is 6.79. The molecule has 0 radical (unpaired) electrons. The zero-order valence-corrected chi connectivity index (χ0v) is 9.62. The summed E-state index contributed by atoms with van der Waals surface area (Å²) in [6.07, 6.45) is -0.232. The second-order valence-electron chi connectivity index (χ2n) is 2.95. The lowest BCUT2D eigenvalue weighted by atomic mass is 10.1. The average molecular weight is 206 g/mol. The van der Waals surface area contributed by atoms with Gasteiger partial charge >= 0.3 is 0 Å². The maximum absolute atomic E-state index is 5.47. The standard InChI is InChI=1S/C10H22O4/c1-5-13-10(14-6-2)9(7-11-3)8-12-4/h9-10H,5-8H2,1-4H3. The molecule has 0 N–H and O–H groups in total. The molecule has 0 heterocycles. The Hall–Kier alpha value is -0.160. The van der Waals surface area contributed by atoms with E-state index in [1.165, 1.54) is 0 Å². The summed E-state index contributed by atoms with van der Waals surface area (Å²) in [5, 5.41) is 0. The van der Waals surface area contributed by atoms with Gasteiger partial charge in [0.2, 0.25) is 0 Å². The summed E-state index contributed by atoms with van der Waals surface area (Å²) >= 11 is 0. The number of hydrogen-bond donors (Lipinski definition) is 0. The molecule has 4 heteroatoms. The van der Waals surface area contributed by atoms with Gasteiger partial charge in [0.05, 0.1) is 19.1 Å². The molecule has 14 heavy (non-hydrogen) atoms. The molecule has 0 aliphatic heterocycles. The average Bonchev–Trinajstić information content (AvgIpc) is 2.17. The number of ether oxygens (including phenoxy) is 4. The molecule has 0 aliphatic rings. The predicted molar refractivity (Wildman–Crippen MR) is 54.3 cm³/mol. The zero-order valence-electron chi connectivity index (χ0n) is 9.62. The van der Waals surface area contributed by atoms with Gasteiger partial charge < -0.3 is 18.9 Å². The van der Waals surface area contributed by atoms with Crippen molar-refractivity contribution >= 4 is 0 Å². The molecular formula is C10H22O4. The van der Waals surface area contributed by atoms with Gasteiger partial charge in [-0.25, -0.2) is 0 Å². The Bertz CT molecular complexity index is 92.7. The van der Waals surface area contributed by atoms with Gasteiger partial charge in [0, 0.05) is 27.4 Å². The Morgan fingerprint density at radius 2 is 1.29 bits per heavy atom. The van der Waals surface area contributed by atoms with Crippen LogP contribution in [0.3, 0.4) is 0 Å². The van der Waals surface area contributed by atoms with Crippen molar-refractivity contribution in [3.05, 3.63) is 0 Å². The van der Waals surface area contributed by atoms with E-state index in [1.54, 1.807) is 14.2 Å².